The van der Waals surface area contributed by atoms with E-state index in [9.17, 15) is 18.7 Å². The summed E-state index contributed by atoms with van der Waals surface area (Å²) in [5.74, 6) is -3.98. The Morgan fingerprint density at radius 3 is 2.83 bits per heavy atom. The van der Waals surface area contributed by atoms with Crippen molar-refractivity contribution in [1.82, 2.24) is 0 Å². The number of hydrogen-bond donors (Lipinski definition) is 1. The lowest BCUT2D eigenvalue weighted by atomic mass is 9.90. The van der Waals surface area contributed by atoms with Crippen LogP contribution in [0.1, 0.15) is 32.8 Å². The number of alkyl halides is 2. The quantitative estimate of drug-likeness (QED) is 0.900. The normalized spacial score (nSPS) is 16.1. The molecule has 0 amide bonds. The van der Waals surface area contributed by atoms with Crippen molar-refractivity contribution in [1.29, 1.82) is 0 Å². The first-order valence-electron chi connectivity index (χ1n) is 7.26. The molecule has 1 N–H and O–H groups in total. The molecule has 2 aromatic rings. The number of halogens is 2. The summed E-state index contributed by atoms with van der Waals surface area (Å²) >= 11 is 1.31. The highest BCUT2D eigenvalue weighted by Gasteiger charge is 2.39. The van der Waals surface area contributed by atoms with Gasteiger partial charge < -0.3 is 9.84 Å². The molecule has 0 unspecified atom stereocenters. The van der Waals surface area contributed by atoms with Gasteiger partial charge in [0.15, 0.2) is 0 Å². The molecule has 0 fully saturated rings. The minimum atomic E-state index is -2.83. The summed E-state index contributed by atoms with van der Waals surface area (Å²) in [6.07, 6.45) is -0.495. The van der Waals surface area contributed by atoms with Crippen molar-refractivity contribution in [3.05, 3.63) is 45.8 Å². The van der Waals surface area contributed by atoms with Crippen molar-refractivity contribution >= 4 is 17.3 Å². The van der Waals surface area contributed by atoms with E-state index < -0.39 is 18.3 Å². The number of carboxylic acids is 1. The second-order valence-corrected chi connectivity index (χ2v) is 6.74. The van der Waals surface area contributed by atoms with Crippen LogP contribution in [0.3, 0.4) is 0 Å². The Kier molecular flexibility index (Phi) is 4.21. The third-order valence-corrected chi connectivity index (χ3v) is 5.34. The van der Waals surface area contributed by atoms with Gasteiger partial charge in [0.2, 0.25) is 0 Å². The molecule has 1 heterocycles. The zero-order chi connectivity index (χ0) is 16.6. The van der Waals surface area contributed by atoms with Crippen molar-refractivity contribution < 1.29 is 23.4 Å². The highest BCUT2D eigenvalue weighted by molar-refractivity contribution is 7.16. The fraction of sp³-hybridized carbons (Fsp3) is 0.353. The van der Waals surface area contributed by atoms with Crippen LogP contribution >= 0.6 is 11.3 Å². The monoisotopic (exact) mass is 338 g/mol. The zero-order valence-electron chi connectivity index (χ0n) is 12.6. The number of aryl methyl sites for hydroxylation is 1. The standard InChI is InChI=1S/C17H16F2O3S/c1-22-9-10-4-2-3-5-11(10)15-14(16(20)21)12-8-17(18,19)7-6-13(12)23-15/h2-5H,6-9H2,1H3,(H,20,21). The first-order chi connectivity index (χ1) is 10.9. The highest BCUT2D eigenvalue weighted by atomic mass is 32.1. The number of ether oxygens (including phenoxy) is 1. The number of methoxy groups -OCH3 is 1. The van der Waals surface area contributed by atoms with Crippen LogP contribution in [0.2, 0.25) is 0 Å². The number of carboxylic acid groups (broad SMARTS) is 1. The van der Waals surface area contributed by atoms with Crippen molar-refractivity contribution in [2.45, 2.75) is 31.8 Å². The Balaban J connectivity index is 2.18. The van der Waals surface area contributed by atoms with Gasteiger partial charge in [0.25, 0.3) is 5.92 Å². The van der Waals surface area contributed by atoms with E-state index in [1.54, 1.807) is 7.11 Å². The van der Waals surface area contributed by atoms with Crippen molar-refractivity contribution in [3.8, 4) is 10.4 Å². The second-order valence-electron chi connectivity index (χ2n) is 5.64. The summed E-state index contributed by atoms with van der Waals surface area (Å²) in [7, 11) is 1.56. The minimum Gasteiger partial charge on any atom is -0.478 e. The Morgan fingerprint density at radius 1 is 1.39 bits per heavy atom. The fourth-order valence-corrected chi connectivity index (χ4v) is 4.35. The van der Waals surface area contributed by atoms with Gasteiger partial charge >= 0.3 is 5.97 Å². The summed E-state index contributed by atoms with van der Waals surface area (Å²) < 4.78 is 32.6. The smallest absolute Gasteiger partial charge is 0.337 e. The Hall–Kier alpha value is -1.79. The molecule has 1 aliphatic rings. The van der Waals surface area contributed by atoms with Crippen LogP contribution in [-0.4, -0.2) is 24.1 Å². The Morgan fingerprint density at radius 2 is 2.13 bits per heavy atom. The maximum Gasteiger partial charge on any atom is 0.337 e. The molecule has 0 saturated heterocycles. The summed E-state index contributed by atoms with van der Waals surface area (Å²) in [6.45, 7) is 0.341. The second kappa shape index (κ2) is 6.02. The van der Waals surface area contributed by atoms with Gasteiger partial charge in [-0.1, -0.05) is 24.3 Å². The molecule has 0 atom stereocenters. The molecule has 1 aromatic carbocycles. The molecule has 6 heteroatoms. The molecule has 1 aromatic heterocycles. The average Bonchev–Trinajstić information content (AvgIpc) is 2.85. The van der Waals surface area contributed by atoms with E-state index in [0.29, 0.717) is 17.0 Å². The van der Waals surface area contributed by atoms with Crippen LogP contribution in [0.25, 0.3) is 10.4 Å². The van der Waals surface area contributed by atoms with Crippen LogP contribution in [0, 0.1) is 0 Å². The SMILES string of the molecule is COCc1ccccc1-c1sc2c(c1C(=O)O)CC(F)(F)CC2. The molecule has 3 nitrogen and oxygen atoms in total. The van der Waals surface area contributed by atoms with Crippen LogP contribution in [0.4, 0.5) is 8.78 Å². The van der Waals surface area contributed by atoms with E-state index in [2.05, 4.69) is 0 Å². The van der Waals surface area contributed by atoms with E-state index in [4.69, 9.17) is 4.74 Å². The molecule has 1 aliphatic carbocycles. The van der Waals surface area contributed by atoms with Gasteiger partial charge in [0.1, 0.15) is 0 Å². The van der Waals surface area contributed by atoms with Crippen molar-refractivity contribution in [2.75, 3.05) is 7.11 Å². The number of rotatable bonds is 4. The van der Waals surface area contributed by atoms with Crippen molar-refractivity contribution in [3.63, 3.8) is 0 Å². The molecule has 23 heavy (non-hydrogen) atoms. The van der Waals surface area contributed by atoms with Crippen LogP contribution in [0.15, 0.2) is 24.3 Å². The van der Waals surface area contributed by atoms with Gasteiger partial charge in [-0.3, -0.25) is 0 Å². The number of fused-ring (bicyclic) bond motifs is 1. The van der Waals surface area contributed by atoms with Crippen LogP contribution in [-0.2, 0) is 24.2 Å². The predicted octanol–water partition coefficient (Wildman–Crippen LogP) is 4.38. The fourth-order valence-electron chi connectivity index (χ4n) is 2.98. The topological polar surface area (TPSA) is 46.5 Å². The van der Waals surface area contributed by atoms with Gasteiger partial charge in [-0.2, -0.15) is 0 Å². The lowest BCUT2D eigenvalue weighted by Crippen LogP contribution is -2.26. The van der Waals surface area contributed by atoms with E-state index in [0.717, 1.165) is 16.0 Å². The van der Waals surface area contributed by atoms with E-state index >= 15 is 0 Å². The first kappa shape index (κ1) is 16.1. The van der Waals surface area contributed by atoms with E-state index in [1.807, 2.05) is 24.3 Å². The molecule has 0 aliphatic heterocycles. The Bertz CT molecular complexity index is 752. The Labute approximate surface area is 136 Å². The summed E-state index contributed by atoms with van der Waals surface area (Å²) in [4.78, 5) is 13.0. The molecule has 122 valence electrons. The van der Waals surface area contributed by atoms with Gasteiger partial charge in [0, 0.05) is 29.7 Å². The third kappa shape index (κ3) is 3.01. The molecule has 0 saturated carbocycles. The predicted molar refractivity (Wildman–Crippen MR) is 84.4 cm³/mol. The summed E-state index contributed by atoms with van der Waals surface area (Å²) in [5.41, 5.74) is 1.91. The molecular formula is C17H16F2O3S. The van der Waals surface area contributed by atoms with Gasteiger partial charge in [-0.05, 0) is 23.1 Å². The molecular weight excluding hydrogens is 322 g/mol. The summed E-state index contributed by atoms with van der Waals surface area (Å²) in [6, 6.07) is 7.33. The molecule has 0 spiro atoms. The molecule has 0 radical (unpaired) electrons. The number of benzene rings is 1. The van der Waals surface area contributed by atoms with E-state index in [1.165, 1.54) is 11.3 Å². The average molecular weight is 338 g/mol. The number of hydrogen-bond acceptors (Lipinski definition) is 3. The first-order valence-corrected chi connectivity index (χ1v) is 8.07. The van der Waals surface area contributed by atoms with Crippen LogP contribution in [0.5, 0.6) is 0 Å². The van der Waals surface area contributed by atoms with Crippen LogP contribution < -0.4 is 0 Å². The largest absolute Gasteiger partial charge is 0.478 e. The third-order valence-electron chi connectivity index (χ3n) is 4.02. The van der Waals surface area contributed by atoms with Crippen molar-refractivity contribution in [2.24, 2.45) is 0 Å². The highest BCUT2D eigenvalue weighted by Crippen LogP contribution is 2.44. The maximum absolute atomic E-state index is 13.7. The van der Waals surface area contributed by atoms with Gasteiger partial charge in [-0.15, -0.1) is 11.3 Å². The number of carbonyl (C=O) groups is 1. The van der Waals surface area contributed by atoms with E-state index in [-0.39, 0.29) is 18.4 Å². The minimum absolute atomic E-state index is 0.0212. The molecule has 0 bridgehead atoms. The lowest BCUT2D eigenvalue weighted by molar-refractivity contribution is -0.0118. The van der Waals surface area contributed by atoms with Gasteiger partial charge in [0.05, 0.1) is 12.2 Å². The lowest BCUT2D eigenvalue weighted by Gasteiger charge is -2.21. The number of aromatic carboxylic acids is 1. The zero-order valence-corrected chi connectivity index (χ0v) is 13.4. The van der Waals surface area contributed by atoms with Gasteiger partial charge in [-0.25, -0.2) is 13.6 Å². The molecule has 3 rings (SSSR count). The maximum atomic E-state index is 13.7. The summed E-state index contributed by atoms with van der Waals surface area (Å²) in [5, 5.41) is 9.59. The number of thiophene rings is 1.